The van der Waals surface area contributed by atoms with Crippen LogP contribution in [-0.2, 0) is 0 Å². The number of benzene rings is 1. The molecule has 0 aliphatic heterocycles. The van der Waals surface area contributed by atoms with Gasteiger partial charge in [-0.25, -0.2) is 0 Å². The van der Waals surface area contributed by atoms with Crippen LogP contribution in [-0.4, -0.2) is 20.2 Å². The van der Waals surface area contributed by atoms with Gasteiger partial charge in [-0.3, -0.25) is 0 Å². The van der Waals surface area contributed by atoms with Crippen LogP contribution in [0.3, 0.4) is 0 Å². The maximum atomic E-state index is 8.64. The molecular formula is C11H14NSb. The Morgan fingerprint density at radius 2 is 1.77 bits per heavy atom. The summed E-state index contributed by atoms with van der Waals surface area (Å²) in [6.07, 6.45) is 0. The van der Waals surface area contributed by atoms with Crippen molar-refractivity contribution in [2.24, 2.45) is 0 Å². The maximum absolute atomic E-state index is 8.64. The van der Waals surface area contributed by atoms with Gasteiger partial charge in [-0.15, -0.1) is 0 Å². The van der Waals surface area contributed by atoms with E-state index in [0.717, 1.165) is 9.43 Å². The second-order valence-corrected chi connectivity index (χ2v) is 11.1. The Labute approximate surface area is 87.3 Å². The van der Waals surface area contributed by atoms with Crippen molar-refractivity contribution in [3.63, 3.8) is 0 Å². The van der Waals surface area contributed by atoms with E-state index in [2.05, 4.69) is 34.9 Å². The summed E-state index contributed by atoms with van der Waals surface area (Å²) in [5.74, 6) is 0. The van der Waals surface area contributed by atoms with E-state index in [1.54, 1.807) is 0 Å². The van der Waals surface area contributed by atoms with Crippen molar-refractivity contribution in [3.8, 4) is 6.07 Å². The second kappa shape index (κ2) is 4.68. The summed E-state index contributed by atoms with van der Waals surface area (Å²) in [6, 6.07) is 10.1. The van der Waals surface area contributed by atoms with E-state index >= 15 is 0 Å². The molecule has 0 radical (unpaired) electrons. The molecule has 13 heavy (non-hydrogen) atoms. The fourth-order valence-corrected chi connectivity index (χ4v) is 3.33. The summed E-state index contributed by atoms with van der Waals surface area (Å²) >= 11 is -0.997. The fourth-order valence-electron chi connectivity index (χ4n) is 1.13. The molecule has 1 aromatic rings. The van der Waals surface area contributed by atoms with Crippen molar-refractivity contribution in [1.29, 1.82) is 5.26 Å². The van der Waals surface area contributed by atoms with Gasteiger partial charge in [0.05, 0.1) is 0 Å². The third kappa shape index (κ3) is 2.74. The predicted octanol–water partition coefficient (Wildman–Crippen LogP) is 2.96. The van der Waals surface area contributed by atoms with Gasteiger partial charge in [0, 0.05) is 0 Å². The van der Waals surface area contributed by atoms with Gasteiger partial charge < -0.3 is 0 Å². The summed E-state index contributed by atoms with van der Waals surface area (Å²) in [6.45, 7) is 2.30. The third-order valence-corrected chi connectivity index (χ3v) is 7.57. The van der Waals surface area contributed by atoms with Gasteiger partial charge in [0.1, 0.15) is 0 Å². The summed E-state index contributed by atoms with van der Waals surface area (Å²) in [4.78, 5) is 4.79. The fraction of sp³-hybridized carbons (Fsp3) is 0.364. The number of hydrogen-bond acceptors (Lipinski definition) is 1. The molecule has 0 fully saturated rings. The van der Waals surface area contributed by atoms with E-state index in [0.29, 0.717) is 0 Å². The molecule has 0 bridgehead atoms. The first kappa shape index (κ1) is 10.6. The molecule has 2 heteroatoms. The van der Waals surface area contributed by atoms with Gasteiger partial charge in [-0.05, 0) is 0 Å². The molecule has 1 rings (SSSR count). The Hall–Kier alpha value is -0.472. The minimum atomic E-state index is -0.997. The molecular weight excluding hydrogens is 268 g/mol. The van der Waals surface area contributed by atoms with Gasteiger partial charge in [-0.1, -0.05) is 0 Å². The number of hydrogen-bond donors (Lipinski definition) is 0. The first-order valence-corrected chi connectivity index (χ1v) is 10.9. The average Bonchev–Trinajstić information content (AvgIpc) is 2.17. The molecule has 0 aliphatic carbocycles. The summed E-state index contributed by atoms with van der Waals surface area (Å²) < 4.78 is 0.746. The van der Waals surface area contributed by atoms with E-state index in [1.165, 1.54) is 5.56 Å². The normalized spacial score (nSPS) is 12.5. The number of nitrogens with zero attached hydrogens (tertiary/aromatic N) is 1. The first-order chi connectivity index (χ1) is 6.15. The molecule has 1 nitrogen and oxygen atoms in total. The minimum absolute atomic E-state index is 0.746. The Kier molecular flexibility index (Phi) is 3.82. The zero-order valence-electron chi connectivity index (χ0n) is 8.28. The van der Waals surface area contributed by atoms with E-state index in [4.69, 9.17) is 5.26 Å². The Morgan fingerprint density at radius 3 is 2.15 bits per heavy atom. The number of rotatable bonds is 2. The molecule has 0 aliphatic rings. The van der Waals surface area contributed by atoms with Crippen LogP contribution in [0.5, 0.6) is 0 Å². The molecule has 0 saturated heterocycles. The van der Waals surface area contributed by atoms with Gasteiger partial charge in [0.25, 0.3) is 0 Å². The monoisotopic (exact) mass is 281 g/mol. The topological polar surface area (TPSA) is 23.8 Å². The summed E-state index contributed by atoms with van der Waals surface area (Å²) in [7, 11) is 0. The van der Waals surface area contributed by atoms with Gasteiger partial charge in [0.15, 0.2) is 0 Å². The molecule has 0 amide bonds. The zero-order chi connectivity index (χ0) is 9.84. The van der Waals surface area contributed by atoms with Crippen LogP contribution in [0.25, 0.3) is 0 Å². The summed E-state index contributed by atoms with van der Waals surface area (Å²) in [5.41, 5.74) is 2.15. The van der Waals surface area contributed by atoms with Crippen LogP contribution in [0.2, 0.25) is 9.74 Å². The molecule has 1 atom stereocenters. The SMILES string of the molecule is C[CH](c1ccc(C#N)cc1)[Sb]([CH3])[CH3]. The van der Waals surface area contributed by atoms with E-state index in [9.17, 15) is 0 Å². The average molecular weight is 282 g/mol. The van der Waals surface area contributed by atoms with Crippen LogP contribution in [0.15, 0.2) is 24.3 Å². The van der Waals surface area contributed by atoms with Gasteiger partial charge in [0.2, 0.25) is 0 Å². The quantitative estimate of drug-likeness (QED) is 0.765. The van der Waals surface area contributed by atoms with Crippen LogP contribution in [0.1, 0.15) is 21.9 Å². The Morgan fingerprint density at radius 1 is 1.23 bits per heavy atom. The van der Waals surface area contributed by atoms with E-state index in [1.807, 2.05) is 12.1 Å². The van der Waals surface area contributed by atoms with Crippen LogP contribution < -0.4 is 0 Å². The van der Waals surface area contributed by atoms with Crippen molar-refractivity contribution in [3.05, 3.63) is 35.4 Å². The molecule has 0 spiro atoms. The second-order valence-electron chi connectivity index (χ2n) is 3.37. The molecule has 0 N–H and O–H groups in total. The van der Waals surface area contributed by atoms with Crippen molar-refractivity contribution in [2.45, 2.75) is 20.5 Å². The molecule has 1 unspecified atom stereocenters. The van der Waals surface area contributed by atoms with Gasteiger partial charge >= 0.3 is 87.5 Å². The van der Waals surface area contributed by atoms with Crippen molar-refractivity contribution < 1.29 is 0 Å². The first-order valence-electron chi connectivity index (χ1n) is 4.31. The van der Waals surface area contributed by atoms with E-state index < -0.39 is 20.2 Å². The van der Waals surface area contributed by atoms with Crippen LogP contribution in [0, 0.1) is 11.3 Å². The molecule has 0 heterocycles. The molecule has 0 aromatic heterocycles. The van der Waals surface area contributed by atoms with Crippen LogP contribution in [0.4, 0.5) is 0 Å². The Bertz CT molecular complexity index is 308. The Balaban J connectivity index is 2.87. The zero-order valence-corrected chi connectivity index (χ0v) is 10.8. The van der Waals surface area contributed by atoms with Crippen molar-refractivity contribution in [1.82, 2.24) is 0 Å². The van der Waals surface area contributed by atoms with Gasteiger partial charge in [-0.2, -0.15) is 0 Å². The third-order valence-electron chi connectivity index (χ3n) is 2.30. The molecule has 1 aromatic carbocycles. The van der Waals surface area contributed by atoms with E-state index in [-0.39, 0.29) is 0 Å². The van der Waals surface area contributed by atoms with Crippen molar-refractivity contribution in [2.75, 3.05) is 0 Å². The van der Waals surface area contributed by atoms with Crippen LogP contribution >= 0.6 is 0 Å². The standard InChI is InChI=1S/C9H8N.2CH3.Sb/c1-2-8-3-5-9(7-10)6-4-8;;;/h2-6H,1H3;2*1H3;. The predicted molar refractivity (Wildman–Crippen MR) is 57.1 cm³/mol. The summed E-state index contributed by atoms with van der Waals surface area (Å²) in [5, 5.41) is 8.64. The molecule has 0 saturated carbocycles. The number of nitriles is 1. The molecule has 68 valence electrons. The van der Waals surface area contributed by atoms with Crippen molar-refractivity contribution >= 4 is 20.2 Å².